The first kappa shape index (κ1) is 18.9. The Balaban J connectivity index is 1.81. The topological polar surface area (TPSA) is 35.6 Å². The molecule has 4 nitrogen and oxygen atoms in total. The summed E-state index contributed by atoms with van der Waals surface area (Å²) in [6, 6.07) is 11.1. The summed E-state index contributed by atoms with van der Waals surface area (Å²) in [6.07, 6.45) is 5.01. The van der Waals surface area contributed by atoms with Crippen LogP contribution in [0.4, 0.5) is 0 Å². The molecule has 1 fully saturated rings. The van der Waals surface area contributed by atoms with Gasteiger partial charge in [-0.2, -0.15) is 0 Å². The van der Waals surface area contributed by atoms with E-state index in [0.29, 0.717) is 19.1 Å². The summed E-state index contributed by atoms with van der Waals surface area (Å²) in [4.78, 5) is 16.7. The summed E-state index contributed by atoms with van der Waals surface area (Å²) in [5.41, 5.74) is 1.23. The van der Waals surface area contributed by atoms with Crippen molar-refractivity contribution in [1.82, 2.24) is 15.1 Å². The fourth-order valence-corrected chi connectivity index (χ4v) is 3.58. The van der Waals surface area contributed by atoms with Gasteiger partial charge in [0.05, 0.1) is 12.6 Å². The molecular weight excluding hydrogens is 298 g/mol. The summed E-state index contributed by atoms with van der Waals surface area (Å²) >= 11 is 0. The van der Waals surface area contributed by atoms with Gasteiger partial charge in [-0.25, -0.2) is 0 Å². The zero-order valence-electron chi connectivity index (χ0n) is 15.7. The molecule has 1 aliphatic rings. The van der Waals surface area contributed by atoms with Crippen LogP contribution in [-0.2, 0) is 4.79 Å². The average molecular weight is 332 g/mol. The first-order valence-corrected chi connectivity index (χ1v) is 9.15. The van der Waals surface area contributed by atoms with Gasteiger partial charge in [0.25, 0.3) is 0 Å². The molecule has 24 heavy (non-hydrogen) atoms. The second kappa shape index (κ2) is 9.19. The van der Waals surface area contributed by atoms with Crippen LogP contribution < -0.4 is 5.32 Å². The van der Waals surface area contributed by atoms with Crippen LogP contribution in [0.3, 0.4) is 0 Å². The molecule has 4 heteroatoms. The molecule has 0 heterocycles. The average Bonchev–Trinajstić information content (AvgIpc) is 2.56. The molecule has 1 atom stereocenters. The molecule has 1 saturated carbocycles. The Morgan fingerprint density at radius 2 is 1.75 bits per heavy atom. The number of nitrogens with zero attached hydrogens (tertiary/aromatic N) is 2. The lowest BCUT2D eigenvalue weighted by molar-refractivity contribution is -0.122. The van der Waals surface area contributed by atoms with Crippen LogP contribution in [0.15, 0.2) is 30.3 Å². The SMILES string of the molecule is CC1CCC(N(C)CC(=O)NCC(c2ccccc2)N(C)C)CC1. The minimum atomic E-state index is 0.124. The van der Waals surface area contributed by atoms with Crippen molar-refractivity contribution in [3.05, 3.63) is 35.9 Å². The lowest BCUT2D eigenvalue weighted by atomic mass is 9.87. The monoisotopic (exact) mass is 331 g/mol. The smallest absolute Gasteiger partial charge is 0.234 e. The number of hydrogen-bond acceptors (Lipinski definition) is 3. The fourth-order valence-electron chi connectivity index (χ4n) is 3.58. The first-order chi connectivity index (χ1) is 11.5. The normalized spacial score (nSPS) is 22.6. The maximum absolute atomic E-state index is 12.3. The Bertz CT molecular complexity index is 495. The van der Waals surface area contributed by atoms with Crippen molar-refractivity contribution in [2.75, 3.05) is 34.2 Å². The van der Waals surface area contributed by atoms with Crippen molar-refractivity contribution in [3.8, 4) is 0 Å². The summed E-state index contributed by atoms with van der Waals surface area (Å²) < 4.78 is 0. The highest BCUT2D eigenvalue weighted by Crippen LogP contribution is 2.26. The van der Waals surface area contributed by atoms with E-state index in [0.717, 1.165) is 5.92 Å². The van der Waals surface area contributed by atoms with E-state index in [1.54, 1.807) is 0 Å². The number of nitrogens with one attached hydrogen (secondary N) is 1. The summed E-state index contributed by atoms with van der Waals surface area (Å²) in [6.45, 7) is 3.47. The van der Waals surface area contributed by atoms with E-state index >= 15 is 0 Å². The van der Waals surface area contributed by atoms with Crippen LogP contribution in [0.5, 0.6) is 0 Å². The Labute approximate surface area is 147 Å². The van der Waals surface area contributed by atoms with E-state index in [-0.39, 0.29) is 11.9 Å². The molecule has 0 bridgehead atoms. The molecule has 1 unspecified atom stereocenters. The quantitative estimate of drug-likeness (QED) is 0.834. The molecule has 2 rings (SSSR count). The van der Waals surface area contributed by atoms with Gasteiger partial charge in [-0.05, 0) is 58.3 Å². The molecule has 0 saturated heterocycles. The zero-order valence-corrected chi connectivity index (χ0v) is 15.7. The molecule has 0 aliphatic heterocycles. The van der Waals surface area contributed by atoms with Gasteiger partial charge < -0.3 is 10.2 Å². The van der Waals surface area contributed by atoms with Crippen LogP contribution >= 0.6 is 0 Å². The lowest BCUT2D eigenvalue weighted by Crippen LogP contribution is -2.43. The zero-order chi connectivity index (χ0) is 17.5. The van der Waals surface area contributed by atoms with Gasteiger partial charge in [0, 0.05) is 12.6 Å². The largest absolute Gasteiger partial charge is 0.353 e. The molecule has 1 N–H and O–H groups in total. The predicted molar refractivity (Wildman–Crippen MR) is 99.9 cm³/mol. The minimum absolute atomic E-state index is 0.124. The van der Waals surface area contributed by atoms with E-state index in [9.17, 15) is 4.79 Å². The second-order valence-electron chi connectivity index (χ2n) is 7.52. The van der Waals surface area contributed by atoms with Crippen LogP contribution in [-0.4, -0.2) is 56.0 Å². The van der Waals surface area contributed by atoms with Crippen molar-refractivity contribution in [2.45, 2.75) is 44.7 Å². The van der Waals surface area contributed by atoms with E-state index in [4.69, 9.17) is 0 Å². The van der Waals surface area contributed by atoms with E-state index in [1.807, 2.05) is 18.2 Å². The number of hydrogen-bond donors (Lipinski definition) is 1. The van der Waals surface area contributed by atoms with Gasteiger partial charge in [0.2, 0.25) is 5.91 Å². The molecule has 0 aromatic heterocycles. The minimum Gasteiger partial charge on any atom is -0.353 e. The van der Waals surface area contributed by atoms with Crippen molar-refractivity contribution >= 4 is 5.91 Å². The van der Waals surface area contributed by atoms with Gasteiger partial charge in [0.15, 0.2) is 0 Å². The third-order valence-corrected chi connectivity index (χ3v) is 5.30. The highest BCUT2D eigenvalue weighted by Gasteiger charge is 2.23. The Hall–Kier alpha value is -1.39. The molecule has 0 spiro atoms. The van der Waals surface area contributed by atoms with E-state index in [2.05, 4.69) is 55.3 Å². The maximum atomic E-state index is 12.3. The van der Waals surface area contributed by atoms with Gasteiger partial charge in [-0.3, -0.25) is 9.69 Å². The number of carbonyl (C=O) groups is 1. The van der Waals surface area contributed by atoms with Crippen molar-refractivity contribution < 1.29 is 4.79 Å². The highest BCUT2D eigenvalue weighted by molar-refractivity contribution is 5.78. The Morgan fingerprint density at radius 1 is 1.12 bits per heavy atom. The number of amides is 1. The summed E-state index contributed by atoms with van der Waals surface area (Å²) in [5.74, 6) is 0.967. The number of rotatable bonds is 7. The second-order valence-corrected chi connectivity index (χ2v) is 7.52. The molecular formula is C20H33N3O. The van der Waals surface area contributed by atoms with Crippen molar-refractivity contribution in [3.63, 3.8) is 0 Å². The van der Waals surface area contributed by atoms with E-state index < -0.39 is 0 Å². The maximum Gasteiger partial charge on any atom is 0.234 e. The van der Waals surface area contributed by atoms with Crippen LogP contribution in [0, 0.1) is 5.92 Å². The standard InChI is InChI=1S/C20H33N3O/c1-16-10-12-18(13-11-16)23(4)15-20(24)21-14-19(22(2)3)17-8-6-5-7-9-17/h5-9,16,18-19H,10-15H2,1-4H3,(H,21,24). The van der Waals surface area contributed by atoms with Gasteiger partial charge in [-0.15, -0.1) is 0 Å². The van der Waals surface area contributed by atoms with E-state index in [1.165, 1.54) is 31.2 Å². The van der Waals surface area contributed by atoms with Crippen LogP contribution in [0.2, 0.25) is 0 Å². The molecule has 1 aliphatic carbocycles. The molecule has 0 radical (unpaired) electrons. The molecule has 1 aromatic rings. The Kier molecular flexibility index (Phi) is 7.25. The number of benzene rings is 1. The molecule has 1 aromatic carbocycles. The summed E-state index contributed by atoms with van der Waals surface area (Å²) in [5, 5.41) is 3.12. The van der Waals surface area contributed by atoms with Gasteiger partial charge >= 0.3 is 0 Å². The van der Waals surface area contributed by atoms with Crippen LogP contribution in [0.25, 0.3) is 0 Å². The predicted octanol–water partition coefficient (Wildman–Crippen LogP) is 2.92. The van der Waals surface area contributed by atoms with Gasteiger partial charge in [0.1, 0.15) is 0 Å². The van der Waals surface area contributed by atoms with Crippen molar-refractivity contribution in [2.24, 2.45) is 5.92 Å². The number of likely N-dealkylation sites (N-methyl/N-ethyl adjacent to an activating group) is 2. The van der Waals surface area contributed by atoms with Crippen LogP contribution in [0.1, 0.15) is 44.2 Å². The highest BCUT2D eigenvalue weighted by atomic mass is 16.2. The molecule has 1 amide bonds. The first-order valence-electron chi connectivity index (χ1n) is 9.15. The van der Waals surface area contributed by atoms with Crippen molar-refractivity contribution in [1.29, 1.82) is 0 Å². The fraction of sp³-hybridized carbons (Fsp3) is 0.650. The lowest BCUT2D eigenvalue weighted by Gasteiger charge is -2.33. The summed E-state index contributed by atoms with van der Waals surface area (Å²) in [7, 11) is 6.19. The third kappa shape index (κ3) is 5.60. The molecule has 134 valence electrons. The number of carbonyl (C=O) groups excluding carboxylic acids is 1. The Morgan fingerprint density at radius 3 is 2.33 bits per heavy atom. The van der Waals surface area contributed by atoms with Gasteiger partial charge in [-0.1, -0.05) is 37.3 Å². The third-order valence-electron chi connectivity index (χ3n) is 5.30.